The molecule has 5 rings (SSSR count). The highest BCUT2D eigenvalue weighted by Crippen LogP contribution is 2.40. The number of fused-ring (bicyclic) bond motifs is 1. The maximum Gasteiger partial charge on any atom is 0.252 e. The van der Waals surface area contributed by atoms with Gasteiger partial charge in [0.05, 0.1) is 23.5 Å². The summed E-state index contributed by atoms with van der Waals surface area (Å²) in [4.78, 5) is 22.0. The van der Waals surface area contributed by atoms with Gasteiger partial charge in [0.2, 0.25) is 0 Å². The standard InChI is InChI=1S/C24H26N6O/c1-16(2)30-23-21(13-27-30)20(11-22(28-23)19-7-8-19)24(31)26-12-17-3-5-18(6-4-17)14-29-10-9-25-15-29/h3-6,9-11,13,15-16,19H,7-8,12,14H2,1-2H3,(H,26,31). The molecule has 1 aromatic carbocycles. The van der Waals surface area contributed by atoms with Crippen LogP contribution in [-0.4, -0.2) is 30.2 Å². The van der Waals surface area contributed by atoms with Gasteiger partial charge in [0, 0.05) is 43.1 Å². The van der Waals surface area contributed by atoms with Crippen molar-refractivity contribution in [1.82, 2.24) is 29.6 Å². The highest BCUT2D eigenvalue weighted by Gasteiger charge is 2.28. The molecule has 0 atom stereocenters. The van der Waals surface area contributed by atoms with Gasteiger partial charge in [0.1, 0.15) is 0 Å². The van der Waals surface area contributed by atoms with Crippen LogP contribution in [0.5, 0.6) is 0 Å². The van der Waals surface area contributed by atoms with Crippen LogP contribution in [0, 0.1) is 0 Å². The summed E-state index contributed by atoms with van der Waals surface area (Å²) in [5, 5.41) is 8.37. The fraction of sp³-hybridized carbons (Fsp3) is 0.333. The van der Waals surface area contributed by atoms with Gasteiger partial charge in [-0.2, -0.15) is 5.10 Å². The van der Waals surface area contributed by atoms with Gasteiger partial charge in [-0.15, -0.1) is 0 Å². The molecule has 1 aliphatic rings. The fourth-order valence-electron chi connectivity index (χ4n) is 3.82. The maximum absolute atomic E-state index is 13.1. The van der Waals surface area contributed by atoms with E-state index in [1.54, 1.807) is 18.7 Å². The third-order valence-electron chi connectivity index (χ3n) is 5.72. The molecule has 158 valence electrons. The number of aromatic nitrogens is 5. The number of benzene rings is 1. The Morgan fingerprint density at radius 2 is 1.97 bits per heavy atom. The third kappa shape index (κ3) is 4.08. The number of hydrogen-bond donors (Lipinski definition) is 1. The summed E-state index contributed by atoms with van der Waals surface area (Å²) in [5.74, 6) is 0.384. The van der Waals surface area contributed by atoms with E-state index in [2.05, 4.69) is 53.5 Å². The minimum atomic E-state index is -0.0832. The van der Waals surface area contributed by atoms with Crippen molar-refractivity contribution in [2.75, 3.05) is 0 Å². The monoisotopic (exact) mass is 414 g/mol. The van der Waals surface area contributed by atoms with E-state index >= 15 is 0 Å². The second-order valence-corrected chi connectivity index (χ2v) is 8.52. The number of amides is 1. The number of nitrogens with zero attached hydrogens (tertiary/aromatic N) is 5. The minimum Gasteiger partial charge on any atom is -0.348 e. The number of carbonyl (C=O) groups excluding carboxylic acids is 1. The number of hydrogen-bond acceptors (Lipinski definition) is 4. The Labute approximate surface area is 181 Å². The summed E-state index contributed by atoms with van der Waals surface area (Å²) < 4.78 is 3.93. The summed E-state index contributed by atoms with van der Waals surface area (Å²) in [5.41, 5.74) is 4.72. The zero-order valence-electron chi connectivity index (χ0n) is 17.8. The first-order valence-electron chi connectivity index (χ1n) is 10.8. The van der Waals surface area contributed by atoms with Gasteiger partial charge >= 0.3 is 0 Å². The van der Waals surface area contributed by atoms with Gasteiger partial charge in [0.15, 0.2) is 5.65 Å². The average molecular weight is 415 g/mol. The quantitative estimate of drug-likeness (QED) is 0.495. The number of rotatable bonds is 7. The van der Waals surface area contributed by atoms with Crippen LogP contribution in [0.15, 0.2) is 55.2 Å². The zero-order chi connectivity index (χ0) is 21.4. The van der Waals surface area contributed by atoms with Crippen molar-refractivity contribution >= 4 is 16.9 Å². The van der Waals surface area contributed by atoms with Crippen LogP contribution in [0.4, 0.5) is 0 Å². The molecule has 0 unspecified atom stereocenters. The largest absolute Gasteiger partial charge is 0.348 e. The molecule has 7 nitrogen and oxygen atoms in total. The Morgan fingerprint density at radius 1 is 1.19 bits per heavy atom. The van der Waals surface area contributed by atoms with E-state index in [-0.39, 0.29) is 11.9 Å². The number of carbonyl (C=O) groups is 1. The van der Waals surface area contributed by atoms with E-state index < -0.39 is 0 Å². The van der Waals surface area contributed by atoms with Crippen LogP contribution in [0.25, 0.3) is 11.0 Å². The number of nitrogens with one attached hydrogen (secondary N) is 1. The number of imidazole rings is 1. The molecule has 1 saturated carbocycles. The van der Waals surface area contributed by atoms with Crippen molar-refractivity contribution < 1.29 is 4.79 Å². The molecule has 0 saturated heterocycles. The molecule has 1 amide bonds. The molecule has 0 aliphatic heterocycles. The second kappa shape index (κ2) is 7.98. The van der Waals surface area contributed by atoms with E-state index in [4.69, 9.17) is 4.98 Å². The Balaban J connectivity index is 1.33. The molecule has 4 aromatic rings. The predicted molar refractivity (Wildman–Crippen MR) is 119 cm³/mol. The number of pyridine rings is 1. The summed E-state index contributed by atoms with van der Waals surface area (Å²) >= 11 is 0. The molecule has 0 bridgehead atoms. The van der Waals surface area contributed by atoms with E-state index in [0.29, 0.717) is 18.0 Å². The van der Waals surface area contributed by atoms with Crippen molar-refractivity contribution in [3.63, 3.8) is 0 Å². The van der Waals surface area contributed by atoms with Gasteiger partial charge < -0.3 is 9.88 Å². The lowest BCUT2D eigenvalue weighted by molar-refractivity contribution is 0.0952. The summed E-state index contributed by atoms with van der Waals surface area (Å²) in [6.45, 7) is 5.42. The Hall–Kier alpha value is -3.48. The molecule has 31 heavy (non-hydrogen) atoms. The predicted octanol–water partition coefficient (Wildman–Crippen LogP) is 4.06. The molecule has 1 N–H and O–H groups in total. The first kappa shape index (κ1) is 19.5. The SMILES string of the molecule is CC(C)n1ncc2c(C(=O)NCc3ccc(Cn4ccnc4)cc3)cc(C3CC3)nc21. The molecule has 0 radical (unpaired) electrons. The summed E-state index contributed by atoms with van der Waals surface area (Å²) in [6, 6.07) is 10.4. The first-order chi connectivity index (χ1) is 15.1. The van der Waals surface area contributed by atoms with Crippen molar-refractivity contribution in [2.45, 2.75) is 51.7 Å². The Bertz CT molecular complexity index is 1200. The molecule has 7 heteroatoms. The lowest BCUT2D eigenvalue weighted by atomic mass is 10.1. The Kier molecular flexibility index (Phi) is 5.02. The van der Waals surface area contributed by atoms with E-state index in [0.717, 1.165) is 41.7 Å². The smallest absolute Gasteiger partial charge is 0.252 e. The highest BCUT2D eigenvalue weighted by molar-refractivity contribution is 6.05. The van der Waals surface area contributed by atoms with Gasteiger partial charge in [-0.05, 0) is 43.9 Å². The fourth-order valence-corrected chi connectivity index (χ4v) is 3.82. The van der Waals surface area contributed by atoms with Crippen LogP contribution in [0.3, 0.4) is 0 Å². The van der Waals surface area contributed by atoms with Gasteiger partial charge in [-0.3, -0.25) is 4.79 Å². The lowest BCUT2D eigenvalue weighted by Crippen LogP contribution is -2.23. The van der Waals surface area contributed by atoms with Gasteiger partial charge in [-0.25, -0.2) is 14.6 Å². The van der Waals surface area contributed by atoms with Crippen molar-refractivity contribution in [3.8, 4) is 0 Å². The zero-order valence-corrected chi connectivity index (χ0v) is 17.8. The normalized spacial score (nSPS) is 13.8. The average Bonchev–Trinajstić information content (AvgIpc) is 3.32. The molecule has 3 aromatic heterocycles. The Morgan fingerprint density at radius 3 is 2.65 bits per heavy atom. The van der Waals surface area contributed by atoms with Crippen LogP contribution >= 0.6 is 0 Å². The molecule has 3 heterocycles. The third-order valence-corrected chi connectivity index (χ3v) is 5.72. The molecule has 1 aliphatic carbocycles. The minimum absolute atomic E-state index is 0.0832. The van der Waals surface area contributed by atoms with Crippen molar-refractivity contribution in [2.24, 2.45) is 0 Å². The summed E-state index contributed by atoms with van der Waals surface area (Å²) in [7, 11) is 0. The van der Waals surface area contributed by atoms with E-state index in [9.17, 15) is 4.79 Å². The molecule has 0 spiro atoms. The van der Waals surface area contributed by atoms with Crippen LogP contribution in [0.2, 0.25) is 0 Å². The first-order valence-corrected chi connectivity index (χ1v) is 10.8. The van der Waals surface area contributed by atoms with Crippen LogP contribution < -0.4 is 5.32 Å². The van der Waals surface area contributed by atoms with Crippen LogP contribution in [0.1, 0.15) is 65.8 Å². The van der Waals surface area contributed by atoms with Crippen molar-refractivity contribution in [3.05, 3.63) is 77.6 Å². The molecule has 1 fully saturated rings. The highest BCUT2D eigenvalue weighted by atomic mass is 16.1. The molecular weight excluding hydrogens is 388 g/mol. The maximum atomic E-state index is 13.1. The summed E-state index contributed by atoms with van der Waals surface area (Å²) in [6.07, 6.45) is 9.57. The van der Waals surface area contributed by atoms with Crippen molar-refractivity contribution in [1.29, 1.82) is 0 Å². The topological polar surface area (TPSA) is 77.6 Å². The second-order valence-electron chi connectivity index (χ2n) is 8.52. The lowest BCUT2D eigenvalue weighted by Gasteiger charge is -2.11. The molecular formula is C24H26N6O. The van der Waals surface area contributed by atoms with E-state index in [1.807, 2.05) is 21.5 Å². The van der Waals surface area contributed by atoms with Gasteiger partial charge in [0.25, 0.3) is 5.91 Å². The van der Waals surface area contributed by atoms with Gasteiger partial charge in [-0.1, -0.05) is 24.3 Å². The van der Waals surface area contributed by atoms with E-state index in [1.165, 1.54) is 5.56 Å². The van der Waals surface area contributed by atoms with Crippen LogP contribution in [-0.2, 0) is 13.1 Å².